The Balaban J connectivity index is 1.23. The largest absolute Gasteiger partial charge is 0.343 e. The van der Waals surface area contributed by atoms with Crippen LogP contribution in [0.25, 0.3) is 11.3 Å². The molecule has 6 rings (SSSR count). The number of nitrogens with zero attached hydrogens (tertiary/aromatic N) is 4. The van der Waals surface area contributed by atoms with Gasteiger partial charge >= 0.3 is 0 Å². The molecule has 0 bridgehead atoms. The minimum atomic E-state index is -0.340. The summed E-state index contributed by atoms with van der Waals surface area (Å²) in [5, 5.41) is 6.32. The first kappa shape index (κ1) is 31.7. The van der Waals surface area contributed by atoms with Crippen LogP contribution < -0.4 is 16.2 Å². The van der Waals surface area contributed by atoms with E-state index in [1.165, 1.54) is 34.3 Å². The highest BCUT2D eigenvalue weighted by molar-refractivity contribution is 7.14. The Morgan fingerprint density at radius 1 is 1.00 bits per heavy atom. The van der Waals surface area contributed by atoms with Crippen molar-refractivity contribution in [3.05, 3.63) is 91.5 Å². The summed E-state index contributed by atoms with van der Waals surface area (Å²) < 4.78 is 1.51. The highest BCUT2D eigenvalue weighted by atomic mass is 32.1. The van der Waals surface area contributed by atoms with E-state index in [0.717, 1.165) is 41.0 Å². The molecule has 240 valence electrons. The van der Waals surface area contributed by atoms with E-state index in [1.54, 1.807) is 29.5 Å². The molecule has 2 aliphatic rings. The van der Waals surface area contributed by atoms with Crippen LogP contribution >= 0.6 is 11.3 Å². The van der Waals surface area contributed by atoms with Crippen LogP contribution in [-0.4, -0.2) is 57.3 Å². The van der Waals surface area contributed by atoms with E-state index < -0.39 is 0 Å². The Morgan fingerprint density at radius 3 is 2.52 bits per heavy atom. The molecule has 4 aromatic rings. The number of amides is 2. The lowest BCUT2D eigenvalue weighted by Crippen LogP contribution is -2.52. The lowest BCUT2D eigenvalue weighted by molar-refractivity contribution is -0.141. The van der Waals surface area contributed by atoms with E-state index in [-0.39, 0.29) is 35.3 Å². The van der Waals surface area contributed by atoms with Crippen LogP contribution in [-0.2, 0) is 24.7 Å². The van der Waals surface area contributed by atoms with Crippen molar-refractivity contribution in [2.75, 3.05) is 30.8 Å². The molecule has 10 heteroatoms. The van der Waals surface area contributed by atoms with Gasteiger partial charge in [0.2, 0.25) is 5.91 Å². The molecule has 1 unspecified atom stereocenters. The molecule has 2 aromatic carbocycles. The van der Waals surface area contributed by atoms with Gasteiger partial charge < -0.3 is 20.1 Å². The SMILES string of the molecule is Cc1c(NC(=O)c2cc3c(s2)CCCCC3)cccc1-c1cn(C)c(=O)c(Nc2ccc(C3C(=O)N(C)CCN3C(C)C)cc2)n1. The van der Waals surface area contributed by atoms with Gasteiger partial charge in [0.15, 0.2) is 5.82 Å². The number of aryl methyl sites for hydroxylation is 3. The van der Waals surface area contributed by atoms with Crippen molar-refractivity contribution >= 4 is 40.3 Å². The number of benzene rings is 2. The number of likely N-dealkylation sites (N-methyl/N-ethyl adjacent to an activating group) is 1. The number of thiophene rings is 1. The number of carbonyl (C=O) groups is 2. The van der Waals surface area contributed by atoms with E-state index in [9.17, 15) is 14.4 Å². The Bertz CT molecular complexity index is 1800. The molecule has 2 N–H and O–H groups in total. The predicted octanol–water partition coefficient (Wildman–Crippen LogP) is 6.31. The molecule has 0 saturated carbocycles. The van der Waals surface area contributed by atoms with Gasteiger partial charge in [0.1, 0.15) is 6.04 Å². The summed E-state index contributed by atoms with van der Waals surface area (Å²) >= 11 is 1.61. The minimum Gasteiger partial charge on any atom is -0.343 e. The average molecular weight is 639 g/mol. The van der Waals surface area contributed by atoms with Gasteiger partial charge in [0.25, 0.3) is 11.5 Å². The highest BCUT2D eigenvalue weighted by Crippen LogP contribution is 2.33. The molecule has 9 nitrogen and oxygen atoms in total. The summed E-state index contributed by atoms with van der Waals surface area (Å²) in [6, 6.07) is 15.3. The van der Waals surface area contributed by atoms with Crippen LogP contribution in [0.3, 0.4) is 0 Å². The second-order valence-corrected chi connectivity index (χ2v) is 13.8. The second-order valence-electron chi connectivity index (χ2n) is 12.7. The zero-order chi connectivity index (χ0) is 32.5. The second kappa shape index (κ2) is 13.2. The van der Waals surface area contributed by atoms with Gasteiger partial charge in [-0.15, -0.1) is 11.3 Å². The number of fused-ring (bicyclic) bond motifs is 1. The van der Waals surface area contributed by atoms with Crippen LogP contribution in [0.15, 0.2) is 59.5 Å². The molecule has 1 fully saturated rings. The fraction of sp³-hybridized carbons (Fsp3) is 0.389. The van der Waals surface area contributed by atoms with Crippen LogP contribution in [0.5, 0.6) is 0 Å². The summed E-state index contributed by atoms with van der Waals surface area (Å²) in [5.41, 5.74) is 5.68. The van der Waals surface area contributed by atoms with Crippen molar-refractivity contribution in [2.24, 2.45) is 7.05 Å². The number of piperazine rings is 1. The third-order valence-electron chi connectivity index (χ3n) is 9.19. The molecule has 1 aliphatic carbocycles. The van der Waals surface area contributed by atoms with Gasteiger partial charge in [-0.25, -0.2) is 4.98 Å². The number of anilines is 3. The smallest absolute Gasteiger partial charge is 0.293 e. The van der Waals surface area contributed by atoms with E-state index in [4.69, 9.17) is 4.98 Å². The van der Waals surface area contributed by atoms with Crippen LogP contribution in [0, 0.1) is 6.92 Å². The Morgan fingerprint density at radius 2 is 1.76 bits per heavy atom. The molecule has 2 amide bonds. The zero-order valence-corrected chi connectivity index (χ0v) is 28.0. The Kier molecular flexibility index (Phi) is 9.11. The molecule has 2 aromatic heterocycles. The summed E-state index contributed by atoms with van der Waals surface area (Å²) in [7, 11) is 3.55. The zero-order valence-electron chi connectivity index (χ0n) is 27.2. The standard InChI is InChI=1S/C36H42N6O3S/c1-22(2)42-19-18-40(4)35(44)32(42)24-14-16-26(17-15-24)37-33-36(45)41(5)21-29(38-33)27-11-9-12-28(23(27)3)39-34(43)31-20-25-10-7-6-8-13-30(25)46-31/h9,11-12,14-17,20-22,32H,6-8,10,13,18-19H2,1-5H3,(H,37,38)(H,39,43). The molecule has 0 radical (unpaired) electrons. The predicted molar refractivity (Wildman–Crippen MR) is 185 cm³/mol. The maximum Gasteiger partial charge on any atom is 0.293 e. The number of carbonyl (C=O) groups excluding carboxylic acids is 2. The van der Waals surface area contributed by atoms with E-state index >= 15 is 0 Å². The maximum atomic E-state index is 13.3. The Hall–Kier alpha value is -4.28. The highest BCUT2D eigenvalue weighted by Gasteiger charge is 2.35. The van der Waals surface area contributed by atoms with Crippen LogP contribution in [0.1, 0.15) is 70.4 Å². The third-order valence-corrected chi connectivity index (χ3v) is 10.4. The molecule has 46 heavy (non-hydrogen) atoms. The minimum absolute atomic E-state index is 0.0857. The number of rotatable bonds is 7. The first-order valence-electron chi connectivity index (χ1n) is 16.1. The number of aromatic nitrogens is 2. The maximum absolute atomic E-state index is 13.3. The lowest BCUT2D eigenvalue weighted by atomic mass is 9.99. The molecular weight excluding hydrogens is 597 g/mol. The first-order chi connectivity index (χ1) is 22.1. The van der Waals surface area contributed by atoms with Crippen molar-refractivity contribution in [3.63, 3.8) is 0 Å². The number of nitrogens with one attached hydrogen (secondary N) is 2. The summed E-state index contributed by atoms with van der Waals surface area (Å²) in [6.07, 6.45) is 7.41. The van der Waals surface area contributed by atoms with Crippen molar-refractivity contribution in [1.29, 1.82) is 0 Å². The number of hydrogen-bond donors (Lipinski definition) is 2. The molecule has 1 atom stereocenters. The molecule has 0 spiro atoms. The van der Waals surface area contributed by atoms with E-state index in [0.29, 0.717) is 23.6 Å². The van der Waals surface area contributed by atoms with Crippen molar-refractivity contribution < 1.29 is 9.59 Å². The fourth-order valence-electron chi connectivity index (χ4n) is 6.46. The third kappa shape index (κ3) is 6.37. The molecular formula is C36H42N6O3S. The first-order valence-corrected chi connectivity index (χ1v) is 16.9. The van der Waals surface area contributed by atoms with Gasteiger partial charge in [-0.2, -0.15) is 0 Å². The van der Waals surface area contributed by atoms with Crippen molar-refractivity contribution in [3.8, 4) is 11.3 Å². The summed E-state index contributed by atoms with van der Waals surface area (Å²) in [4.78, 5) is 50.4. The van der Waals surface area contributed by atoms with Crippen molar-refractivity contribution in [1.82, 2.24) is 19.4 Å². The van der Waals surface area contributed by atoms with Gasteiger partial charge in [-0.3, -0.25) is 19.3 Å². The van der Waals surface area contributed by atoms with Gasteiger partial charge in [0, 0.05) is 61.2 Å². The summed E-state index contributed by atoms with van der Waals surface area (Å²) in [6.45, 7) is 7.70. The van der Waals surface area contributed by atoms with E-state index in [1.807, 2.05) is 56.4 Å². The molecule has 1 aliphatic heterocycles. The fourth-order valence-corrected chi connectivity index (χ4v) is 7.61. The topological polar surface area (TPSA) is 99.6 Å². The normalized spacial score (nSPS) is 17.1. The molecule has 3 heterocycles. The van der Waals surface area contributed by atoms with Gasteiger partial charge in [-0.05, 0) is 87.4 Å². The monoisotopic (exact) mass is 638 g/mol. The quantitative estimate of drug-likeness (QED) is 0.231. The van der Waals surface area contributed by atoms with Gasteiger partial charge in [-0.1, -0.05) is 30.7 Å². The van der Waals surface area contributed by atoms with Crippen molar-refractivity contribution in [2.45, 2.75) is 65.0 Å². The van der Waals surface area contributed by atoms with Gasteiger partial charge in [0.05, 0.1) is 10.6 Å². The average Bonchev–Trinajstić information content (AvgIpc) is 3.32. The Labute approximate surface area is 274 Å². The van der Waals surface area contributed by atoms with Crippen LogP contribution in [0.4, 0.5) is 17.2 Å². The van der Waals surface area contributed by atoms with Crippen LogP contribution in [0.2, 0.25) is 0 Å². The summed E-state index contributed by atoms with van der Waals surface area (Å²) in [5.74, 6) is 0.178. The van der Waals surface area contributed by atoms with E-state index in [2.05, 4.69) is 35.4 Å². The number of hydrogen-bond acceptors (Lipinski definition) is 7. The lowest BCUT2D eigenvalue weighted by Gasteiger charge is -2.41. The molecule has 1 saturated heterocycles.